The number of nitrogens with one attached hydrogen (secondary N) is 1. The van der Waals surface area contributed by atoms with E-state index in [4.69, 9.17) is 15.2 Å². The number of hydrogen-bond donors (Lipinski definition) is 2. The molecule has 0 aliphatic carbocycles. The smallest absolute Gasteiger partial charge is 0.338 e. The molecule has 0 unspecified atom stereocenters. The summed E-state index contributed by atoms with van der Waals surface area (Å²) in [5, 5.41) is 2.84. The Hall–Kier alpha value is -3.35. The SMILES string of the molecule is CC[C@@H](C)c1ccccc1NC(=O)[C@H](C)OC(=O)c1ccc(OCC(N)=O)cc1. The quantitative estimate of drug-likeness (QED) is 0.631. The van der Waals surface area contributed by atoms with E-state index in [1.165, 1.54) is 31.2 Å². The van der Waals surface area contributed by atoms with E-state index in [9.17, 15) is 14.4 Å². The number of rotatable bonds is 9. The Morgan fingerprint density at radius 1 is 1.03 bits per heavy atom. The lowest BCUT2D eigenvalue weighted by atomic mass is 9.97. The number of amides is 2. The first-order chi connectivity index (χ1) is 13.8. The van der Waals surface area contributed by atoms with Crippen molar-refractivity contribution in [2.24, 2.45) is 5.73 Å². The van der Waals surface area contributed by atoms with Crippen molar-refractivity contribution in [2.45, 2.75) is 39.2 Å². The molecule has 0 fully saturated rings. The molecule has 2 rings (SSSR count). The summed E-state index contributed by atoms with van der Waals surface area (Å²) in [5.74, 6) is -0.949. The van der Waals surface area contributed by atoms with Crippen molar-refractivity contribution < 1.29 is 23.9 Å². The summed E-state index contributed by atoms with van der Waals surface area (Å²) in [7, 11) is 0. The molecule has 0 aromatic heterocycles. The summed E-state index contributed by atoms with van der Waals surface area (Å²) in [5.41, 5.74) is 7.02. The monoisotopic (exact) mass is 398 g/mol. The summed E-state index contributed by atoms with van der Waals surface area (Å²) in [6.45, 7) is 5.44. The zero-order chi connectivity index (χ0) is 21.4. The van der Waals surface area contributed by atoms with Gasteiger partial charge in [-0.1, -0.05) is 32.0 Å². The highest BCUT2D eigenvalue weighted by atomic mass is 16.5. The van der Waals surface area contributed by atoms with Crippen LogP contribution in [0.1, 0.15) is 49.0 Å². The number of carbonyl (C=O) groups excluding carboxylic acids is 3. The van der Waals surface area contributed by atoms with Crippen molar-refractivity contribution in [2.75, 3.05) is 11.9 Å². The van der Waals surface area contributed by atoms with Crippen molar-refractivity contribution in [3.63, 3.8) is 0 Å². The van der Waals surface area contributed by atoms with Gasteiger partial charge < -0.3 is 20.5 Å². The fraction of sp³-hybridized carbons (Fsp3) is 0.318. The largest absolute Gasteiger partial charge is 0.484 e. The number of para-hydroxylation sites is 1. The van der Waals surface area contributed by atoms with Crippen LogP contribution in [-0.4, -0.2) is 30.5 Å². The minimum absolute atomic E-state index is 0.251. The number of anilines is 1. The highest BCUT2D eigenvalue weighted by Gasteiger charge is 2.20. The molecule has 29 heavy (non-hydrogen) atoms. The summed E-state index contributed by atoms with van der Waals surface area (Å²) in [4.78, 5) is 35.5. The fourth-order valence-electron chi connectivity index (χ4n) is 2.62. The van der Waals surface area contributed by atoms with Crippen molar-refractivity contribution >= 4 is 23.5 Å². The Morgan fingerprint density at radius 3 is 2.31 bits per heavy atom. The first-order valence-electron chi connectivity index (χ1n) is 9.43. The molecule has 2 aromatic carbocycles. The maximum absolute atomic E-state index is 12.5. The number of ether oxygens (including phenoxy) is 2. The zero-order valence-corrected chi connectivity index (χ0v) is 16.8. The summed E-state index contributed by atoms with van der Waals surface area (Å²) in [6, 6.07) is 13.6. The molecule has 0 aliphatic rings. The van der Waals surface area contributed by atoms with Crippen molar-refractivity contribution in [1.29, 1.82) is 0 Å². The maximum atomic E-state index is 12.5. The number of hydrogen-bond acceptors (Lipinski definition) is 5. The molecule has 2 amide bonds. The molecule has 0 heterocycles. The second-order valence-corrected chi connectivity index (χ2v) is 6.71. The minimum atomic E-state index is -0.974. The van der Waals surface area contributed by atoms with Crippen LogP contribution < -0.4 is 15.8 Å². The highest BCUT2D eigenvalue weighted by molar-refractivity contribution is 5.97. The molecule has 0 spiro atoms. The molecular formula is C22H26N2O5. The predicted octanol–water partition coefficient (Wildman–Crippen LogP) is 3.25. The summed E-state index contributed by atoms with van der Waals surface area (Å²) in [6.07, 6.45) is -0.0328. The Kier molecular flexibility index (Phi) is 7.77. The van der Waals surface area contributed by atoms with Gasteiger partial charge in [0.1, 0.15) is 5.75 Å². The Balaban J connectivity index is 1.97. The standard InChI is InChI=1S/C22H26N2O5/c1-4-14(2)18-7-5-6-8-19(18)24-21(26)15(3)29-22(27)16-9-11-17(12-10-16)28-13-20(23)25/h5-12,14-15H,4,13H2,1-3H3,(H2,23,25)(H,24,26)/t14-,15+/m1/s1. The van der Waals surface area contributed by atoms with E-state index in [1.807, 2.05) is 24.3 Å². The third-order valence-corrected chi connectivity index (χ3v) is 4.49. The number of esters is 1. The number of primary amides is 1. The van der Waals surface area contributed by atoms with Gasteiger partial charge >= 0.3 is 5.97 Å². The molecule has 0 aliphatic heterocycles. The molecule has 3 N–H and O–H groups in total. The average Bonchev–Trinajstić information content (AvgIpc) is 2.72. The lowest BCUT2D eigenvalue weighted by molar-refractivity contribution is -0.123. The number of carbonyl (C=O) groups is 3. The van der Waals surface area contributed by atoms with E-state index < -0.39 is 23.9 Å². The lowest BCUT2D eigenvalue weighted by Gasteiger charge is -2.18. The first-order valence-corrected chi connectivity index (χ1v) is 9.43. The van der Waals surface area contributed by atoms with Gasteiger partial charge in [-0.25, -0.2) is 4.79 Å². The number of nitrogens with two attached hydrogens (primary N) is 1. The minimum Gasteiger partial charge on any atom is -0.484 e. The second-order valence-electron chi connectivity index (χ2n) is 6.71. The molecule has 154 valence electrons. The van der Waals surface area contributed by atoms with Crippen molar-refractivity contribution in [3.05, 3.63) is 59.7 Å². The molecule has 0 radical (unpaired) electrons. The molecule has 0 saturated heterocycles. The Labute approximate surface area is 170 Å². The lowest BCUT2D eigenvalue weighted by Crippen LogP contribution is -2.30. The maximum Gasteiger partial charge on any atom is 0.338 e. The van der Waals surface area contributed by atoms with Crippen LogP contribution in [0.4, 0.5) is 5.69 Å². The van der Waals surface area contributed by atoms with Gasteiger partial charge in [-0.15, -0.1) is 0 Å². The van der Waals surface area contributed by atoms with Gasteiger partial charge in [-0.2, -0.15) is 0 Å². The summed E-state index contributed by atoms with van der Waals surface area (Å²) < 4.78 is 10.4. The van der Waals surface area contributed by atoms with Crippen molar-refractivity contribution in [1.82, 2.24) is 0 Å². The topological polar surface area (TPSA) is 108 Å². The van der Waals surface area contributed by atoms with E-state index in [1.54, 1.807) is 0 Å². The highest BCUT2D eigenvalue weighted by Crippen LogP contribution is 2.26. The average molecular weight is 398 g/mol. The van der Waals surface area contributed by atoms with Crippen LogP contribution in [0.15, 0.2) is 48.5 Å². The summed E-state index contributed by atoms with van der Waals surface area (Å²) >= 11 is 0. The van der Waals surface area contributed by atoms with Gasteiger partial charge in [0.25, 0.3) is 11.8 Å². The molecule has 7 heteroatoms. The van der Waals surface area contributed by atoms with Gasteiger partial charge in [-0.05, 0) is 55.2 Å². The molecule has 0 bridgehead atoms. The third-order valence-electron chi connectivity index (χ3n) is 4.49. The van der Waals surface area contributed by atoms with Crippen LogP contribution in [-0.2, 0) is 14.3 Å². The normalized spacial score (nSPS) is 12.5. The Bertz CT molecular complexity index is 864. The van der Waals surface area contributed by atoms with Crippen molar-refractivity contribution in [3.8, 4) is 5.75 Å². The van der Waals surface area contributed by atoms with Crippen LogP contribution in [0.5, 0.6) is 5.75 Å². The van der Waals surface area contributed by atoms with Gasteiger partial charge in [0.05, 0.1) is 5.56 Å². The molecular weight excluding hydrogens is 372 g/mol. The zero-order valence-electron chi connectivity index (χ0n) is 16.8. The van der Waals surface area contributed by atoms with Crippen LogP contribution in [0.2, 0.25) is 0 Å². The van der Waals surface area contributed by atoms with Gasteiger partial charge in [0, 0.05) is 5.69 Å². The van der Waals surface area contributed by atoms with Gasteiger partial charge in [0.2, 0.25) is 0 Å². The van der Waals surface area contributed by atoms with Crippen LogP contribution in [0.25, 0.3) is 0 Å². The van der Waals surface area contributed by atoms with E-state index in [0.717, 1.165) is 12.0 Å². The van der Waals surface area contributed by atoms with Gasteiger partial charge in [0.15, 0.2) is 12.7 Å². The second kappa shape index (κ2) is 10.3. The molecule has 2 aromatic rings. The molecule has 7 nitrogen and oxygen atoms in total. The van der Waals surface area contributed by atoms with Gasteiger partial charge in [-0.3, -0.25) is 9.59 Å². The van der Waals surface area contributed by atoms with E-state index in [-0.39, 0.29) is 12.2 Å². The van der Waals surface area contributed by atoms with E-state index in [0.29, 0.717) is 17.4 Å². The Morgan fingerprint density at radius 2 is 1.69 bits per heavy atom. The van der Waals surface area contributed by atoms with E-state index in [2.05, 4.69) is 19.2 Å². The van der Waals surface area contributed by atoms with Crippen LogP contribution >= 0.6 is 0 Å². The fourth-order valence-corrected chi connectivity index (χ4v) is 2.62. The molecule has 2 atom stereocenters. The van der Waals surface area contributed by atoms with E-state index >= 15 is 0 Å². The number of benzene rings is 2. The van der Waals surface area contributed by atoms with Crippen LogP contribution in [0.3, 0.4) is 0 Å². The third kappa shape index (κ3) is 6.34. The first kappa shape index (κ1) is 21.9. The predicted molar refractivity (Wildman–Crippen MR) is 110 cm³/mol. The van der Waals surface area contributed by atoms with Crippen LogP contribution in [0, 0.1) is 0 Å². The molecule has 0 saturated carbocycles.